The fourth-order valence-electron chi connectivity index (χ4n) is 7.34. The predicted molar refractivity (Wildman–Crippen MR) is 171 cm³/mol. The molecular weight excluding hydrogens is 515 g/mol. The van der Waals surface area contributed by atoms with Crippen LogP contribution in [0.15, 0.2) is 156 Å². The van der Waals surface area contributed by atoms with E-state index in [4.69, 9.17) is 4.42 Å². The number of fused-ring (bicyclic) bond motifs is 12. The molecule has 192 valence electrons. The van der Waals surface area contributed by atoms with Crippen molar-refractivity contribution in [3.8, 4) is 22.3 Å². The van der Waals surface area contributed by atoms with E-state index in [1.54, 1.807) is 0 Å². The Morgan fingerprint density at radius 2 is 0.976 bits per heavy atom. The highest BCUT2D eigenvalue weighted by Gasteiger charge is 2.55. The minimum Gasteiger partial charge on any atom is -0.459 e. The molecule has 1 nitrogen and oxygen atoms in total. The van der Waals surface area contributed by atoms with Crippen molar-refractivity contribution in [2.75, 3.05) is 0 Å². The smallest absolute Gasteiger partial charge is 0.135 e. The number of hydrogen-bond acceptors (Lipinski definition) is 1. The van der Waals surface area contributed by atoms with E-state index in [-0.39, 0.29) is 0 Å². The molecule has 0 amide bonds. The van der Waals surface area contributed by atoms with Gasteiger partial charge in [-0.05, 0) is 63.3 Å². The van der Waals surface area contributed by atoms with Crippen LogP contribution in [0.5, 0.6) is 0 Å². The molecule has 2 aliphatic carbocycles. The van der Waals surface area contributed by atoms with E-state index in [1.807, 2.05) is 0 Å². The Hall–Kier alpha value is -4.71. The minimum atomic E-state index is -0.789. The molecule has 1 atom stereocenters. The monoisotopic (exact) mass is 540 g/mol. The fraction of sp³-hybridized carbons (Fsp3) is 0.0256. The molecule has 1 unspecified atom stereocenters. The third kappa shape index (κ3) is 2.99. The van der Waals surface area contributed by atoms with Crippen molar-refractivity contribution in [3.05, 3.63) is 174 Å². The lowest BCUT2D eigenvalue weighted by Crippen LogP contribution is -2.27. The Kier molecular flexibility index (Phi) is 4.86. The van der Waals surface area contributed by atoms with Crippen molar-refractivity contribution in [3.63, 3.8) is 0 Å². The Bertz CT molecular complexity index is 2070. The normalized spacial score (nSPS) is 16.1. The Balaban J connectivity index is 1.43. The first-order valence-electron chi connectivity index (χ1n) is 14.1. The van der Waals surface area contributed by atoms with Gasteiger partial charge in [-0.3, -0.25) is 0 Å². The molecule has 0 fully saturated rings. The first kappa shape index (κ1) is 23.0. The van der Waals surface area contributed by atoms with Gasteiger partial charge in [0.1, 0.15) is 16.8 Å². The molecule has 0 radical (unpaired) electrons. The average molecular weight is 541 g/mol. The maximum atomic E-state index is 6.92. The predicted octanol–water partition coefficient (Wildman–Crippen LogP) is 8.53. The molecular formula is C39H25OP. The van der Waals surface area contributed by atoms with Crippen molar-refractivity contribution in [2.24, 2.45) is 0 Å². The second kappa shape index (κ2) is 8.64. The Labute approximate surface area is 240 Å². The van der Waals surface area contributed by atoms with E-state index < -0.39 is 13.3 Å². The van der Waals surface area contributed by atoms with Crippen LogP contribution in [0, 0.1) is 0 Å². The van der Waals surface area contributed by atoms with Gasteiger partial charge in [-0.25, -0.2) is 0 Å². The van der Waals surface area contributed by atoms with E-state index >= 15 is 0 Å². The molecule has 6 aromatic carbocycles. The standard InChI is InChI=1S/C39H25OP/c1-3-14-26(15-4-1)41(27-16-5-2-6-17-27)35-25-13-23-33-37(35)29-19-8-11-22-32(29)39(33)31-21-10-7-18-28(31)36-30-20-9-12-24-34(30)40-38(36)39/h1-25H. The lowest BCUT2D eigenvalue weighted by molar-refractivity contribution is 0.507. The molecule has 1 spiro atoms. The van der Waals surface area contributed by atoms with Gasteiger partial charge in [0.2, 0.25) is 0 Å². The van der Waals surface area contributed by atoms with Crippen LogP contribution in [0.25, 0.3) is 33.2 Å². The zero-order valence-corrected chi connectivity index (χ0v) is 23.2. The molecule has 2 aliphatic rings. The molecule has 0 saturated carbocycles. The van der Waals surface area contributed by atoms with Gasteiger partial charge in [-0.1, -0.05) is 146 Å². The van der Waals surface area contributed by atoms with Crippen LogP contribution in [0.4, 0.5) is 0 Å². The molecule has 41 heavy (non-hydrogen) atoms. The summed E-state index contributed by atoms with van der Waals surface area (Å²) in [7, 11) is -0.789. The molecule has 2 heteroatoms. The summed E-state index contributed by atoms with van der Waals surface area (Å²) in [6, 6.07) is 55.5. The largest absolute Gasteiger partial charge is 0.459 e. The zero-order valence-electron chi connectivity index (χ0n) is 22.3. The number of rotatable bonds is 3. The molecule has 0 aliphatic heterocycles. The van der Waals surface area contributed by atoms with Crippen LogP contribution in [0.1, 0.15) is 22.5 Å². The maximum Gasteiger partial charge on any atom is 0.135 e. The summed E-state index contributed by atoms with van der Waals surface area (Å²) in [5.41, 5.74) is 9.55. The average Bonchev–Trinajstić information content (AvgIpc) is 3.66. The summed E-state index contributed by atoms with van der Waals surface area (Å²) in [5, 5.41) is 5.29. The zero-order chi connectivity index (χ0) is 27.0. The summed E-state index contributed by atoms with van der Waals surface area (Å²) in [6.07, 6.45) is 0. The van der Waals surface area contributed by atoms with Gasteiger partial charge in [-0.15, -0.1) is 0 Å². The molecule has 9 rings (SSSR count). The van der Waals surface area contributed by atoms with Crippen LogP contribution in [0.3, 0.4) is 0 Å². The molecule has 0 bridgehead atoms. The molecule has 0 saturated heterocycles. The first-order valence-corrected chi connectivity index (χ1v) is 15.5. The molecule has 1 aromatic heterocycles. The molecule has 7 aromatic rings. The van der Waals surface area contributed by atoms with E-state index in [0.29, 0.717) is 0 Å². The first-order chi connectivity index (χ1) is 20.4. The minimum absolute atomic E-state index is 0.499. The summed E-state index contributed by atoms with van der Waals surface area (Å²) >= 11 is 0. The SMILES string of the molecule is c1ccc(P(c2ccccc2)c2cccc3c2-c2ccccc2C32c3ccccc3-c3c2oc2ccccc32)cc1. The van der Waals surface area contributed by atoms with Crippen LogP contribution >= 0.6 is 7.92 Å². The van der Waals surface area contributed by atoms with Gasteiger partial charge < -0.3 is 4.42 Å². The number of furan rings is 1. The van der Waals surface area contributed by atoms with Crippen LogP contribution in [-0.2, 0) is 5.41 Å². The summed E-state index contributed by atoms with van der Waals surface area (Å²) < 4.78 is 6.92. The maximum absolute atomic E-state index is 6.92. The topological polar surface area (TPSA) is 13.1 Å². The second-order valence-corrected chi connectivity index (χ2v) is 13.0. The fourth-order valence-corrected chi connectivity index (χ4v) is 9.83. The second-order valence-electron chi connectivity index (χ2n) is 10.8. The van der Waals surface area contributed by atoms with Crippen molar-refractivity contribution in [1.29, 1.82) is 0 Å². The molecule has 1 heterocycles. The van der Waals surface area contributed by atoms with E-state index in [1.165, 1.54) is 60.2 Å². The van der Waals surface area contributed by atoms with Crippen molar-refractivity contribution in [2.45, 2.75) is 5.41 Å². The van der Waals surface area contributed by atoms with Crippen molar-refractivity contribution in [1.82, 2.24) is 0 Å². The summed E-state index contributed by atoms with van der Waals surface area (Å²) in [4.78, 5) is 0. The van der Waals surface area contributed by atoms with Crippen molar-refractivity contribution < 1.29 is 4.42 Å². The summed E-state index contributed by atoms with van der Waals surface area (Å²) in [6.45, 7) is 0. The highest BCUT2D eigenvalue weighted by Crippen LogP contribution is 2.64. The Morgan fingerprint density at radius 1 is 0.439 bits per heavy atom. The molecule has 0 N–H and O–H groups in total. The Morgan fingerprint density at radius 3 is 1.66 bits per heavy atom. The van der Waals surface area contributed by atoms with Crippen LogP contribution < -0.4 is 15.9 Å². The lowest BCUT2D eigenvalue weighted by Gasteiger charge is -2.29. The highest BCUT2D eigenvalue weighted by atomic mass is 31.1. The van der Waals surface area contributed by atoms with Crippen LogP contribution in [0.2, 0.25) is 0 Å². The number of para-hydroxylation sites is 1. The summed E-state index contributed by atoms with van der Waals surface area (Å²) in [5.74, 6) is 1.05. The van der Waals surface area contributed by atoms with Gasteiger partial charge in [0, 0.05) is 10.9 Å². The quantitative estimate of drug-likeness (QED) is 0.205. The highest BCUT2D eigenvalue weighted by molar-refractivity contribution is 7.80. The van der Waals surface area contributed by atoms with Gasteiger partial charge in [0.25, 0.3) is 0 Å². The van der Waals surface area contributed by atoms with Crippen molar-refractivity contribution >= 4 is 34.8 Å². The lowest BCUT2D eigenvalue weighted by atomic mass is 9.73. The van der Waals surface area contributed by atoms with E-state index in [9.17, 15) is 0 Å². The van der Waals surface area contributed by atoms with Gasteiger partial charge >= 0.3 is 0 Å². The number of benzene rings is 6. The van der Waals surface area contributed by atoms with Gasteiger partial charge in [0.15, 0.2) is 0 Å². The van der Waals surface area contributed by atoms with E-state index in [0.717, 1.165) is 11.3 Å². The third-order valence-corrected chi connectivity index (χ3v) is 11.3. The van der Waals surface area contributed by atoms with E-state index in [2.05, 4.69) is 152 Å². The van der Waals surface area contributed by atoms with Gasteiger partial charge in [-0.2, -0.15) is 0 Å². The van der Waals surface area contributed by atoms with Gasteiger partial charge in [0.05, 0.1) is 0 Å². The number of hydrogen-bond donors (Lipinski definition) is 0. The van der Waals surface area contributed by atoms with Crippen LogP contribution in [-0.4, -0.2) is 0 Å². The third-order valence-electron chi connectivity index (χ3n) is 8.85.